The molecule has 2 nitrogen and oxygen atoms in total. The quantitative estimate of drug-likeness (QED) is 0.730. The zero-order valence-electron chi connectivity index (χ0n) is 12.4. The van der Waals surface area contributed by atoms with Crippen LogP contribution in [-0.4, -0.2) is 48.1 Å². The van der Waals surface area contributed by atoms with Crippen LogP contribution in [0.4, 0.5) is 0 Å². The first-order valence-electron chi connectivity index (χ1n) is 7.36. The molecule has 0 bridgehead atoms. The second-order valence-corrected chi connectivity index (χ2v) is 7.38. The lowest BCUT2D eigenvalue weighted by molar-refractivity contribution is -0.0283. The summed E-state index contributed by atoms with van der Waals surface area (Å²) in [4.78, 5) is 5.35. The lowest BCUT2D eigenvalue weighted by atomic mass is 9.75. The molecule has 0 aliphatic carbocycles. The molecule has 2 aliphatic rings. The van der Waals surface area contributed by atoms with Crippen molar-refractivity contribution in [3.05, 3.63) is 0 Å². The molecule has 0 spiro atoms. The number of likely N-dealkylation sites (tertiary alicyclic amines) is 2. The van der Waals surface area contributed by atoms with E-state index in [1.807, 2.05) is 0 Å². The molecule has 2 aliphatic heterocycles. The second kappa shape index (κ2) is 4.89. The highest BCUT2D eigenvalue weighted by atomic mass is 15.2. The van der Waals surface area contributed by atoms with Crippen molar-refractivity contribution in [3.63, 3.8) is 0 Å². The fourth-order valence-corrected chi connectivity index (χ4v) is 3.13. The monoisotopic (exact) mass is 238 g/mol. The first-order chi connectivity index (χ1) is 7.88. The van der Waals surface area contributed by atoms with Crippen molar-refractivity contribution in [1.82, 2.24) is 9.80 Å². The zero-order valence-corrected chi connectivity index (χ0v) is 12.4. The molecular weight excluding hydrogens is 208 g/mol. The topological polar surface area (TPSA) is 6.48 Å². The van der Waals surface area contributed by atoms with E-state index in [1.54, 1.807) is 0 Å². The maximum atomic E-state index is 2.73. The minimum Gasteiger partial charge on any atom is -0.301 e. The van der Waals surface area contributed by atoms with Gasteiger partial charge < -0.3 is 4.90 Å². The normalized spacial score (nSPS) is 26.5. The minimum absolute atomic E-state index is 0.509. The van der Waals surface area contributed by atoms with Crippen molar-refractivity contribution in [3.8, 4) is 0 Å². The van der Waals surface area contributed by atoms with E-state index in [4.69, 9.17) is 0 Å². The molecular formula is C15H30N2. The molecule has 100 valence electrons. The van der Waals surface area contributed by atoms with Gasteiger partial charge in [-0.05, 0) is 51.1 Å². The van der Waals surface area contributed by atoms with Gasteiger partial charge in [-0.25, -0.2) is 0 Å². The zero-order chi connectivity index (χ0) is 12.6. The average Bonchev–Trinajstić information content (AvgIpc) is 2.13. The lowest BCUT2D eigenvalue weighted by Crippen LogP contribution is -2.58. The van der Waals surface area contributed by atoms with Crippen LogP contribution in [0, 0.1) is 11.3 Å². The number of hydrogen-bond acceptors (Lipinski definition) is 2. The Morgan fingerprint density at radius 3 is 1.94 bits per heavy atom. The molecule has 0 atom stereocenters. The highest BCUT2D eigenvalue weighted by molar-refractivity contribution is 4.93. The summed E-state index contributed by atoms with van der Waals surface area (Å²) in [5.74, 6) is 0.922. The Hall–Kier alpha value is -0.0800. The first-order valence-corrected chi connectivity index (χ1v) is 7.36. The van der Waals surface area contributed by atoms with Gasteiger partial charge >= 0.3 is 0 Å². The van der Waals surface area contributed by atoms with Gasteiger partial charge in [-0.15, -0.1) is 0 Å². The molecule has 0 aromatic carbocycles. The number of rotatable bonds is 2. The SMILES string of the molecule is CC(C)N1CCC(N2CC(C(C)(C)C)C2)CC1. The third-order valence-corrected chi connectivity index (χ3v) is 4.88. The summed E-state index contributed by atoms with van der Waals surface area (Å²) in [5.41, 5.74) is 0.509. The van der Waals surface area contributed by atoms with Crippen molar-refractivity contribution < 1.29 is 0 Å². The van der Waals surface area contributed by atoms with Gasteiger partial charge in [0.25, 0.3) is 0 Å². The van der Waals surface area contributed by atoms with Crippen molar-refractivity contribution in [2.75, 3.05) is 26.2 Å². The fraction of sp³-hybridized carbons (Fsp3) is 1.00. The molecule has 17 heavy (non-hydrogen) atoms. The molecule has 0 amide bonds. The van der Waals surface area contributed by atoms with Crippen LogP contribution < -0.4 is 0 Å². The van der Waals surface area contributed by atoms with Gasteiger partial charge in [0.15, 0.2) is 0 Å². The molecule has 2 heteroatoms. The standard InChI is InChI=1S/C15H30N2/c1-12(2)16-8-6-14(7-9-16)17-10-13(11-17)15(3,4)5/h12-14H,6-11H2,1-5H3. The summed E-state index contributed by atoms with van der Waals surface area (Å²) in [6.45, 7) is 17.1. The van der Waals surface area contributed by atoms with Gasteiger partial charge in [-0.3, -0.25) is 4.90 Å². The van der Waals surface area contributed by atoms with Crippen LogP contribution in [0.15, 0.2) is 0 Å². The van der Waals surface area contributed by atoms with Crippen LogP contribution in [0.3, 0.4) is 0 Å². The van der Waals surface area contributed by atoms with E-state index in [-0.39, 0.29) is 0 Å². The van der Waals surface area contributed by atoms with E-state index in [1.165, 1.54) is 39.0 Å². The Morgan fingerprint density at radius 1 is 1.00 bits per heavy atom. The predicted octanol–water partition coefficient (Wildman–Crippen LogP) is 2.84. The molecule has 2 fully saturated rings. The van der Waals surface area contributed by atoms with Crippen LogP contribution >= 0.6 is 0 Å². The Labute approximate surface area is 107 Å². The van der Waals surface area contributed by atoms with Gasteiger partial charge in [-0.1, -0.05) is 20.8 Å². The Morgan fingerprint density at radius 2 is 1.53 bits per heavy atom. The summed E-state index contributed by atoms with van der Waals surface area (Å²) in [7, 11) is 0. The van der Waals surface area contributed by atoms with Gasteiger partial charge in [-0.2, -0.15) is 0 Å². The molecule has 2 rings (SSSR count). The summed E-state index contributed by atoms with van der Waals surface area (Å²) in [6, 6.07) is 1.61. The van der Waals surface area contributed by atoms with Crippen LogP contribution in [0.25, 0.3) is 0 Å². The second-order valence-electron chi connectivity index (χ2n) is 7.38. The molecule has 0 aromatic heterocycles. The molecule has 0 N–H and O–H groups in total. The van der Waals surface area contributed by atoms with Crippen LogP contribution in [0.1, 0.15) is 47.5 Å². The number of nitrogens with zero attached hydrogens (tertiary/aromatic N) is 2. The maximum Gasteiger partial charge on any atom is 0.0120 e. The number of hydrogen-bond donors (Lipinski definition) is 0. The van der Waals surface area contributed by atoms with E-state index in [0.717, 1.165) is 18.0 Å². The molecule has 0 saturated carbocycles. The average molecular weight is 238 g/mol. The number of piperidine rings is 1. The van der Waals surface area contributed by atoms with Gasteiger partial charge in [0, 0.05) is 25.2 Å². The van der Waals surface area contributed by atoms with Crippen LogP contribution in [0.5, 0.6) is 0 Å². The Balaban J connectivity index is 1.73. The molecule has 0 unspecified atom stereocenters. The van der Waals surface area contributed by atoms with Gasteiger partial charge in [0.05, 0.1) is 0 Å². The summed E-state index contributed by atoms with van der Waals surface area (Å²) in [5, 5.41) is 0. The highest BCUT2D eigenvalue weighted by Crippen LogP contribution is 2.36. The van der Waals surface area contributed by atoms with E-state index in [2.05, 4.69) is 44.4 Å². The first kappa shape index (κ1) is 13.4. The van der Waals surface area contributed by atoms with Gasteiger partial charge in [0.2, 0.25) is 0 Å². The molecule has 2 saturated heterocycles. The fourth-order valence-electron chi connectivity index (χ4n) is 3.13. The minimum atomic E-state index is 0.509. The molecule has 0 radical (unpaired) electrons. The van der Waals surface area contributed by atoms with Crippen molar-refractivity contribution in [1.29, 1.82) is 0 Å². The van der Waals surface area contributed by atoms with Crippen molar-refractivity contribution >= 4 is 0 Å². The highest BCUT2D eigenvalue weighted by Gasteiger charge is 2.39. The molecule has 0 aromatic rings. The third-order valence-electron chi connectivity index (χ3n) is 4.88. The predicted molar refractivity (Wildman–Crippen MR) is 74.2 cm³/mol. The van der Waals surface area contributed by atoms with Crippen LogP contribution in [-0.2, 0) is 0 Å². The van der Waals surface area contributed by atoms with E-state index >= 15 is 0 Å². The van der Waals surface area contributed by atoms with Gasteiger partial charge in [0.1, 0.15) is 0 Å². The van der Waals surface area contributed by atoms with Crippen molar-refractivity contribution in [2.24, 2.45) is 11.3 Å². The summed E-state index contributed by atoms with van der Waals surface area (Å²) < 4.78 is 0. The summed E-state index contributed by atoms with van der Waals surface area (Å²) >= 11 is 0. The Bertz CT molecular complexity index is 240. The van der Waals surface area contributed by atoms with Crippen molar-refractivity contribution in [2.45, 2.75) is 59.5 Å². The van der Waals surface area contributed by atoms with E-state index < -0.39 is 0 Å². The maximum absolute atomic E-state index is 2.73. The molecule has 2 heterocycles. The van der Waals surface area contributed by atoms with E-state index in [9.17, 15) is 0 Å². The largest absolute Gasteiger partial charge is 0.301 e. The lowest BCUT2D eigenvalue weighted by Gasteiger charge is -2.51. The van der Waals surface area contributed by atoms with E-state index in [0.29, 0.717) is 5.41 Å². The summed E-state index contributed by atoms with van der Waals surface area (Å²) in [6.07, 6.45) is 2.77. The Kier molecular flexibility index (Phi) is 3.84. The third kappa shape index (κ3) is 3.03. The van der Waals surface area contributed by atoms with Crippen LogP contribution in [0.2, 0.25) is 0 Å². The smallest absolute Gasteiger partial charge is 0.0120 e.